The predicted molar refractivity (Wildman–Crippen MR) is 95.8 cm³/mol. The zero-order valence-electron chi connectivity index (χ0n) is 15.1. The Labute approximate surface area is 149 Å². The first-order chi connectivity index (χ1) is 12.0. The number of hydrogen-bond acceptors (Lipinski definition) is 4. The smallest absolute Gasteiger partial charge is 0.308 e. The molecule has 3 rings (SSSR count). The number of hydrogen-bond donors (Lipinski definition) is 2. The second-order valence-electron chi connectivity index (χ2n) is 7.58. The SMILES string of the molecule is CC(C)OC(=O)C[C@H](NC(=O)[C@H]1CC12CCNCC2)c1ccccc1. The van der Waals surface area contributed by atoms with Crippen molar-refractivity contribution < 1.29 is 14.3 Å². The van der Waals surface area contributed by atoms with Gasteiger partial charge in [0.1, 0.15) is 0 Å². The molecule has 5 nitrogen and oxygen atoms in total. The maximum atomic E-state index is 12.8. The first-order valence-electron chi connectivity index (χ1n) is 9.26. The van der Waals surface area contributed by atoms with Crippen LogP contribution in [0.2, 0.25) is 0 Å². The Bertz CT molecular complexity index is 609. The van der Waals surface area contributed by atoms with E-state index in [1.54, 1.807) is 0 Å². The molecule has 1 aliphatic carbocycles. The first-order valence-corrected chi connectivity index (χ1v) is 9.26. The normalized spacial score (nSPS) is 22.4. The van der Waals surface area contributed by atoms with E-state index in [1.165, 1.54) is 0 Å². The molecular weight excluding hydrogens is 316 g/mol. The maximum Gasteiger partial charge on any atom is 0.308 e. The molecule has 25 heavy (non-hydrogen) atoms. The van der Waals surface area contributed by atoms with Crippen LogP contribution < -0.4 is 10.6 Å². The van der Waals surface area contributed by atoms with Gasteiger partial charge in [0.15, 0.2) is 0 Å². The van der Waals surface area contributed by atoms with Crippen molar-refractivity contribution in [2.75, 3.05) is 13.1 Å². The summed E-state index contributed by atoms with van der Waals surface area (Å²) in [4.78, 5) is 24.9. The Morgan fingerprint density at radius 1 is 1.24 bits per heavy atom. The molecule has 1 saturated heterocycles. The van der Waals surface area contributed by atoms with Gasteiger partial charge in [-0.1, -0.05) is 30.3 Å². The van der Waals surface area contributed by atoms with Crippen LogP contribution in [0.4, 0.5) is 0 Å². The monoisotopic (exact) mass is 344 g/mol. The van der Waals surface area contributed by atoms with Gasteiger partial charge in [-0.25, -0.2) is 0 Å². The van der Waals surface area contributed by atoms with Crippen molar-refractivity contribution in [2.24, 2.45) is 11.3 Å². The molecular formula is C20H28N2O3. The molecule has 1 aliphatic heterocycles. The van der Waals surface area contributed by atoms with Crippen LogP contribution in [0.25, 0.3) is 0 Å². The van der Waals surface area contributed by atoms with Crippen LogP contribution in [0, 0.1) is 11.3 Å². The summed E-state index contributed by atoms with van der Waals surface area (Å²) in [5, 5.41) is 6.47. The van der Waals surface area contributed by atoms with Crippen molar-refractivity contribution in [1.29, 1.82) is 0 Å². The van der Waals surface area contributed by atoms with Gasteiger partial charge in [0, 0.05) is 5.92 Å². The zero-order valence-corrected chi connectivity index (χ0v) is 15.1. The average molecular weight is 344 g/mol. The van der Waals surface area contributed by atoms with E-state index < -0.39 is 0 Å². The van der Waals surface area contributed by atoms with E-state index in [4.69, 9.17) is 4.74 Å². The third-order valence-electron chi connectivity index (χ3n) is 5.36. The molecule has 1 aromatic carbocycles. The maximum absolute atomic E-state index is 12.8. The Morgan fingerprint density at radius 3 is 2.56 bits per heavy atom. The Hall–Kier alpha value is -1.88. The fraction of sp³-hybridized carbons (Fsp3) is 0.600. The summed E-state index contributed by atoms with van der Waals surface area (Å²) in [6, 6.07) is 9.34. The summed E-state index contributed by atoms with van der Waals surface area (Å²) >= 11 is 0. The number of ether oxygens (including phenoxy) is 1. The van der Waals surface area contributed by atoms with Gasteiger partial charge < -0.3 is 15.4 Å². The Kier molecular flexibility index (Phi) is 5.42. The summed E-state index contributed by atoms with van der Waals surface area (Å²) < 4.78 is 5.27. The van der Waals surface area contributed by atoms with Crippen molar-refractivity contribution in [1.82, 2.24) is 10.6 Å². The lowest BCUT2D eigenvalue weighted by atomic mass is 9.91. The topological polar surface area (TPSA) is 67.4 Å². The van der Waals surface area contributed by atoms with Crippen molar-refractivity contribution >= 4 is 11.9 Å². The van der Waals surface area contributed by atoms with Gasteiger partial charge in [0.2, 0.25) is 5.91 Å². The molecule has 0 unspecified atom stereocenters. The summed E-state index contributed by atoms with van der Waals surface area (Å²) in [5.74, 6) is -0.119. The minimum absolute atomic E-state index is 0.0769. The highest BCUT2D eigenvalue weighted by atomic mass is 16.5. The highest BCUT2D eigenvalue weighted by molar-refractivity contribution is 5.83. The summed E-state index contributed by atoms with van der Waals surface area (Å²) in [7, 11) is 0. The third-order valence-corrected chi connectivity index (χ3v) is 5.36. The number of benzene rings is 1. The minimum atomic E-state index is -0.334. The molecule has 1 amide bonds. The number of nitrogens with one attached hydrogen (secondary N) is 2. The van der Waals surface area contributed by atoms with E-state index in [0.29, 0.717) is 0 Å². The fourth-order valence-electron chi connectivity index (χ4n) is 3.88. The van der Waals surface area contributed by atoms with Gasteiger partial charge in [-0.3, -0.25) is 9.59 Å². The van der Waals surface area contributed by atoms with Crippen LogP contribution in [0.3, 0.4) is 0 Å². The second kappa shape index (κ2) is 7.56. The number of piperidine rings is 1. The lowest BCUT2D eigenvalue weighted by Gasteiger charge is -2.24. The molecule has 5 heteroatoms. The number of rotatable bonds is 6. The highest BCUT2D eigenvalue weighted by Crippen LogP contribution is 2.58. The van der Waals surface area contributed by atoms with Crippen LogP contribution in [0.15, 0.2) is 30.3 Å². The molecule has 0 radical (unpaired) electrons. The standard InChI is InChI=1S/C20H28N2O3/c1-14(2)25-18(23)12-17(15-6-4-3-5-7-15)22-19(24)16-13-20(16)8-10-21-11-9-20/h3-7,14,16-17,21H,8-13H2,1-2H3,(H,22,24)/t16-,17+/m1/s1. The third kappa shape index (κ3) is 4.40. The molecule has 2 atom stereocenters. The van der Waals surface area contributed by atoms with E-state index >= 15 is 0 Å². The number of carbonyl (C=O) groups is 2. The molecule has 1 heterocycles. The number of esters is 1. The van der Waals surface area contributed by atoms with E-state index in [1.807, 2.05) is 44.2 Å². The summed E-state index contributed by atoms with van der Waals surface area (Å²) in [5.41, 5.74) is 1.13. The van der Waals surface area contributed by atoms with Gasteiger partial charge >= 0.3 is 5.97 Å². The van der Waals surface area contributed by atoms with E-state index in [9.17, 15) is 9.59 Å². The van der Waals surface area contributed by atoms with Crippen LogP contribution in [-0.2, 0) is 14.3 Å². The van der Waals surface area contributed by atoms with Gasteiger partial charge in [0.05, 0.1) is 18.6 Å². The van der Waals surface area contributed by atoms with Gasteiger partial charge in [-0.05, 0) is 57.2 Å². The van der Waals surface area contributed by atoms with Gasteiger partial charge in [-0.2, -0.15) is 0 Å². The molecule has 2 N–H and O–H groups in total. The highest BCUT2D eigenvalue weighted by Gasteiger charge is 2.57. The van der Waals surface area contributed by atoms with E-state index in [-0.39, 0.29) is 41.8 Å². The predicted octanol–water partition coefficient (Wildman–Crippen LogP) is 2.58. The molecule has 0 bridgehead atoms. The Morgan fingerprint density at radius 2 is 1.92 bits per heavy atom. The van der Waals surface area contributed by atoms with Gasteiger partial charge in [-0.15, -0.1) is 0 Å². The largest absolute Gasteiger partial charge is 0.463 e. The van der Waals surface area contributed by atoms with Crippen molar-refractivity contribution in [3.05, 3.63) is 35.9 Å². The molecule has 0 aromatic heterocycles. The number of carbonyl (C=O) groups excluding carboxylic acids is 2. The second-order valence-corrected chi connectivity index (χ2v) is 7.58. The molecule has 136 valence electrons. The average Bonchev–Trinajstić information content (AvgIpc) is 3.28. The van der Waals surface area contributed by atoms with Crippen molar-refractivity contribution in [2.45, 2.75) is 51.7 Å². The fourth-order valence-corrected chi connectivity index (χ4v) is 3.88. The summed E-state index contributed by atoms with van der Waals surface area (Å²) in [6.45, 7) is 5.65. The molecule has 1 aromatic rings. The lowest BCUT2D eigenvalue weighted by molar-refractivity contribution is -0.148. The number of amides is 1. The van der Waals surface area contributed by atoms with Crippen molar-refractivity contribution in [3.63, 3.8) is 0 Å². The molecule has 2 aliphatic rings. The Balaban J connectivity index is 1.65. The van der Waals surface area contributed by atoms with Crippen LogP contribution in [0.1, 0.15) is 51.1 Å². The van der Waals surface area contributed by atoms with Crippen LogP contribution in [0.5, 0.6) is 0 Å². The lowest BCUT2D eigenvalue weighted by Crippen LogP contribution is -2.36. The van der Waals surface area contributed by atoms with Gasteiger partial charge in [0.25, 0.3) is 0 Å². The molecule has 1 saturated carbocycles. The zero-order chi connectivity index (χ0) is 17.9. The van der Waals surface area contributed by atoms with Crippen molar-refractivity contribution in [3.8, 4) is 0 Å². The van der Waals surface area contributed by atoms with Crippen LogP contribution >= 0.6 is 0 Å². The van der Waals surface area contributed by atoms with Crippen LogP contribution in [-0.4, -0.2) is 31.1 Å². The van der Waals surface area contributed by atoms with E-state index in [0.717, 1.165) is 37.9 Å². The summed E-state index contributed by atoms with van der Waals surface area (Å²) in [6.07, 6.45) is 3.11. The molecule has 2 fully saturated rings. The minimum Gasteiger partial charge on any atom is -0.463 e. The molecule has 1 spiro atoms. The van der Waals surface area contributed by atoms with E-state index in [2.05, 4.69) is 10.6 Å². The first kappa shape index (κ1) is 17.9. The quantitative estimate of drug-likeness (QED) is 0.779.